The molecule has 2 aromatic heterocycles. The molecule has 1 amide bonds. The zero-order valence-electron chi connectivity index (χ0n) is 13.5. The molecular weight excluding hydrogens is 318 g/mol. The molecule has 0 radical (unpaired) electrons. The molecule has 1 fully saturated rings. The first-order valence-corrected chi connectivity index (χ1v) is 7.94. The Hall–Kier alpha value is -2.02. The average molecular weight is 338 g/mol. The number of rotatable bonds is 1. The predicted octanol–water partition coefficient (Wildman–Crippen LogP) is 2.44. The van der Waals surface area contributed by atoms with Crippen molar-refractivity contribution in [1.82, 2.24) is 19.5 Å². The van der Waals surface area contributed by atoms with Crippen LogP contribution in [0.2, 0.25) is 5.15 Å². The van der Waals surface area contributed by atoms with E-state index in [1.807, 2.05) is 26.8 Å². The number of amides is 1. The summed E-state index contributed by atoms with van der Waals surface area (Å²) in [5.74, 6) is 0.883. The molecule has 3 heterocycles. The Kier molecular flexibility index (Phi) is 4.06. The van der Waals surface area contributed by atoms with Gasteiger partial charge in [-0.1, -0.05) is 11.6 Å². The Morgan fingerprint density at radius 2 is 1.96 bits per heavy atom. The molecule has 1 saturated heterocycles. The van der Waals surface area contributed by atoms with E-state index in [1.54, 1.807) is 21.7 Å². The minimum absolute atomic E-state index is 0.269. The monoisotopic (exact) mass is 337 g/mol. The predicted molar refractivity (Wildman–Crippen MR) is 88.0 cm³/mol. The number of piperazine rings is 1. The summed E-state index contributed by atoms with van der Waals surface area (Å²) in [6, 6.07) is 3.61. The number of carbonyl (C=O) groups is 1. The number of carbonyl (C=O) groups excluding carboxylic acids is 1. The van der Waals surface area contributed by atoms with Crippen molar-refractivity contribution in [3.8, 4) is 0 Å². The van der Waals surface area contributed by atoms with Gasteiger partial charge in [0, 0.05) is 38.3 Å². The molecule has 0 aromatic carbocycles. The summed E-state index contributed by atoms with van der Waals surface area (Å²) in [5.41, 5.74) is 0.232. The molecule has 8 heteroatoms. The Morgan fingerprint density at radius 3 is 2.61 bits per heavy atom. The van der Waals surface area contributed by atoms with Crippen LogP contribution in [-0.4, -0.2) is 57.4 Å². The van der Waals surface area contributed by atoms with Gasteiger partial charge in [0.1, 0.15) is 16.6 Å². The van der Waals surface area contributed by atoms with E-state index < -0.39 is 5.60 Å². The fourth-order valence-corrected chi connectivity index (χ4v) is 2.72. The summed E-state index contributed by atoms with van der Waals surface area (Å²) < 4.78 is 7.17. The second kappa shape index (κ2) is 5.88. The number of anilines is 1. The van der Waals surface area contributed by atoms with Crippen molar-refractivity contribution in [1.29, 1.82) is 0 Å². The lowest BCUT2D eigenvalue weighted by atomic mass is 10.2. The van der Waals surface area contributed by atoms with Crippen molar-refractivity contribution in [2.24, 2.45) is 0 Å². The molecule has 0 N–H and O–H groups in total. The molecule has 0 bridgehead atoms. The van der Waals surface area contributed by atoms with E-state index >= 15 is 0 Å². The Labute approximate surface area is 139 Å². The van der Waals surface area contributed by atoms with Crippen LogP contribution in [0.1, 0.15) is 20.8 Å². The third-order valence-corrected chi connectivity index (χ3v) is 3.76. The maximum Gasteiger partial charge on any atom is 0.410 e. The van der Waals surface area contributed by atoms with E-state index in [9.17, 15) is 4.79 Å². The van der Waals surface area contributed by atoms with Crippen molar-refractivity contribution in [2.45, 2.75) is 26.4 Å². The first-order valence-electron chi connectivity index (χ1n) is 7.57. The fourth-order valence-electron chi connectivity index (χ4n) is 2.54. The van der Waals surface area contributed by atoms with E-state index in [4.69, 9.17) is 16.3 Å². The maximum atomic E-state index is 12.1. The molecule has 0 aliphatic carbocycles. The number of halogens is 1. The van der Waals surface area contributed by atoms with Crippen LogP contribution in [0.25, 0.3) is 5.65 Å². The first-order chi connectivity index (χ1) is 10.8. The fraction of sp³-hybridized carbons (Fsp3) is 0.533. The molecule has 0 saturated carbocycles. The average Bonchev–Trinajstić information content (AvgIpc) is 2.93. The number of aromatic nitrogens is 3. The van der Waals surface area contributed by atoms with Crippen LogP contribution < -0.4 is 4.90 Å². The molecular formula is C15H20ClN5O2. The van der Waals surface area contributed by atoms with Crippen molar-refractivity contribution < 1.29 is 9.53 Å². The molecule has 3 rings (SSSR count). The van der Waals surface area contributed by atoms with Crippen molar-refractivity contribution in [3.63, 3.8) is 0 Å². The maximum absolute atomic E-state index is 12.1. The number of hydrogen-bond acceptors (Lipinski definition) is 5. The van der Waals surface area contributed by atoms with Gasteiger partial charge in [0.15, 0.2) is 5.65 Å². The number of fused-ring (bicyclic) bond motifs is 1. The van der Waals surface area contributed by atoms with Crippen molar-refractivity contribution in [3.05, 3.63) is 23.5 Å². The topological polar surface area (TPSA) is 63.0 Å². The number of nitrogens with zero attached hydrogens (tertiary/aromatic N) is 5. The quantitative estimate of drug-likeness (QED) is 0.748. The Morgan fingerprint density at radius 1 is 1.26 bits per heavy atom. The minimum atomic E-state index is -0.478. The minimum Gasteiger partial charge on any atom is -0.444 e. The van der Waals surface area contributed by atoms with Crippen LogP contribution in [0.3, 0.4) is 0 Å². The summed E-state index contributed by atoms with van der Waals surface area (Å²) in [6.07, 6.45) is 1.42. The first kappa shape index (κ1) is 15.9. The Bertz CT molecular complexity index is 716. The third kappa shape index (κ3) is 3.50. The van der Waals surface area contributed by atoms with Crippen LogP contribution in [-0.2, 0) is 4.74 Å². The van der Waals surface area contributed by atoms with Crippen LogP contribution in [0.5, 0.6) is 0 Å². The van der Waals surface area contributed by atoms with Crippen molar-refractivity contribution in [2.75, 3.05) is 31.1 Å². The molecule has 0 unspecified atom stereocenters. The zero-order valence-corrected chi connectivity index (χ0v) is 14.2. The molecule has 124 valence electrons. The van der Waals surface area contributed by atoms with Gasteiger partial charge >= 0.3 is 6.09 Å². The second-order valence-electron chi connectivity index (χ2n) is 6.49. The van der Waals surface area contributed by atoms with E-state index in [2.05, 4.69) is 15.0 Å². The highest BCUT2D eigenvalue weighted by atomic mass is 35.5. The second-order valence-corrected chi connectivity index (χ2v) is 6.88. The van der Waals surface area contributed by atoms with Gasteiger partial charge in [0.05, 0.1) is 6.20 Å². The van der Waals surface area contributed by atoms with E-state index in [-0.39, 0.29) is 6.09 Å². The van der Waals surface area contributed by atoms with E-state index in [0.717, 1.165) is 5.82 Å². The van der Waals surface area contributed by atoms with Gasteiger partial charge in [0.25, 0.3) is 0 Å². The van der Waals surface area contributed by atoms with Crippen LogP contribution in [0, 0.1) is 0 Å². The highest BCUT2D eigenvalue weighted by Crippen LogP contribution is 2.21. The SMILES string of the molecule is CC(C)(C)OC(=O)N1CCN(c2cc(Cl)nc3ccnn23)CC1. The summed E-state index contributed by atoms with van der Waals surface area (Å²) in [7, 11) is 0. The number of ether oxygens (including phenoxy) is 1. The normalized spacial score (nSPS) is 16.0. The number of hydrogen-bond donors (Lipinski definition) is 0. The standard InChI is InChI=1S/C15H20ClN5O2/c1-15(2,3)23-14(22)20-8-6-19(7-9-20)13-10-11(16)18-12-4-5-17-21(12)13/h4-5,10H,6-9H2,1-3H3. The summed E-state index contributed by atoms with van der Waals surface area (Å²) >= 11 is 6.09. The van der Waals surface area contributed by atoms with Crippen LogP contribution >= 0.6 is 11.6 Å². The molecule has 1 aliphatic rings. The van der Waals surface area contributed by atoms with Gasteiger partial charge in [0.2, 0.25) is 0 Å². The third-order valence-electron chi connectivity index (χ3n) is 3.56. The van der Waals surface area contributed by atoms with Gasteiger partial charge in [-0.2, -0.15) is 9.61 Å². The lowest BCUT2D eigenvalue weighted by molar-refractivity contribution is 0.0240. The molecule has 1 aliphatic heterocycles. The van der Waals surface area contributed by atoms with Gasteiger partial charge in [-0.05, 0) is 20.8 Å². The van der Waals surface area contributed by atoms with Gasteiger partial charge in [-0.15, -0.1) is 0 Å². The molecule has 23 heavy (non-hydrogen) atoms. The highest BCUT2D eigenvalue weighted by molar-refractivity contribution is 6.29. The van der Waals surface area contributed by atoms with Crippen LogP contribution in [0.4, 0.5) is 10.6 Å². The zero-order chi connectivity index (χ0) is 16.6. The van der Waals surface area contributed by atoms with E-state index in [0.29, 0.717) is 37.0 Å². The summed E-state index contributed by atoms with van der Waals surface area (Å²) in [5, 5.41) is 4.72. The highest BCUT2D eigenvalue weighted by Gasteiger charge is 2.27. The smallest absolute Gasteiger partial charge is 0.410 e. The molecule has 0 spiro atoms. The van der Waals surface area contributed by atoms with Gasteiger partial charge in [-0.25, -0.2) is 9.78 Å². The summed E-state index contributed by atoms with van der Waals surface area (Å²) in [6.45, 7) is 8.18. The van der Waals surface area contributed by atoms with Gasteiger partial charge < -0.3 is 14.5 Å². The summed E-state index contributed by atoms with van der Waals surface area (Å²) in [4.78, 5) is 20.2. The largest absolute Gasteiger partial charge is 0.444 e. The van der Waals surface area contributed by atoms with Crippen molar-refractivity contribution >= 4 is 29.2 Å². The Balaban J connectivity index is 1.71. The lowest BCUT2D eigenvalue weighted by Gasteiger charge is -2.36. The van der Waals surface area contributed by atoms with E-state index in [1.165, 1.54) is 0 Å². The molecule has 2 aromatic rings. The molecule has 7 nitrogen and oxygen atoms in total. The lowest BCUT2D eigenvalue weighted by Crippen LogP contribution is -2.50. The van der Waals surface area contributed by atoms with Crippen LogP contribution in [0.15, 0.2) is 18.3 Å². The van der Waals surface area contributed by atoms with Gasteiger partial charge in [-0.3, -0.25) is 0 Å². The molecule has 0 atom stereocenters.